The maximum Gasteiger partial charge on any atom is 0.0336 e. The second-order valence-electron chi connectivity index (χ2n) is 4.27. The summed E-state index contributed by atoms with van der Waals surface area (Å²) in [6.45, 7) is 2.37. The van der Waals surface area contributed by atoms with E-state index in [1.165, 1.54) is 51.4 Å². The molecule has 0 spiro atoms. The molecule has 0 amide bonds. The maximum atomic E-state index is 6.18. The van der Waals surface area contributed by atoms with Gasteiger partial charge in [0.1, 0.15) is 0 Å². The van der Waals surface area contributed by atoms with Crippen molar-refractivity contribution in [3.05, 3.63) is 0 Å². The van der Waals surface area contributed by atoms with Crippen molar-refractivity contribution in [1.29, 1.82) is 0 Å². The molecule has 1 saturated carbocycles. The molecule has 0 aromatic carbocycles. The number of halogens is 1. The lowest BCUT2D eigenvalue weighted by Crippen LogP contribution is -2.05. The van der Waals surface area contributed by atoms with Crippen LogP contribution in [-0.4, -0.2) is 5.38 Å². The van der Waals surface area contributed by atoms with Gasteiger partial charge in [-0.05, 0) is 25.2 Å². The van der Waals surface area contributed by atoms with E-state index in [1.807, 2.05) is 0 Å². The minimum Gasteiger partial charge on any atom is -0.123 e. The first-order valence-corrected chi connectivity index (χ1v) is 5.86. The normalized spacial score (nSPS) is 34.5. The molecular weight excluding hydrogens is 168 g/mol. The van der Waals surface area contributed by atoms with E-state index < -0.39 is 0 Å². The van der Waals surface area contributed by atoms with Gasteiger partial charge in [0.25, 0.3) is 0 Å². The average molecular weight is 189 g/mol. The fraction of sp³-hybridized carbons (Fsp3) is 1.00. The van der Waals surface area contributed by atoms with E-state index in [-0.39, 0.29) is 0 Å². The van der Waals surface area contributed by atoms with Crippen LogP contribution < -0.4 is 0 Å². The van der Waals surface area contributed by atoms with Gasteiger partial charge in [-0.15, -0.1) is 11.6 Å². The number of hydrogen-bond donors (Lipinski definition) is 0. The Balaban J connectivity index is 2.23. The quantitative estimate of drug-likeness (QED) is 0.496. The van der Waals surface area contributed by atoms with Crippen molar-refractivity contribution >= 4 is 11.6 Å². The van der Waals surface area contributed by atoms with Gasteiger partial charge >= 0.3 is 0 Å². The lowest BCUT2D eigenvalue weighted by molar-refractivity contribution is 0.417. The van der Waals surface area contributed by atoms with Crippen LogP contribution in [-0.2, 0) is 0 Å². The van der Waals surface area contributed by atoms with Crippen LogP contribution in [0.4, 0.5) is 0 Å². The summed E-state index contributed by atoms with van der Waals surface area (Å²) in [4.78, 5) is 0. The van der Waals surface area contributed by atoms with Crippen LogP contribution in [0.3, 0.4) is 0 Å². The number of hydrogen-bond acceptors (Lipinski definition) is 0. The smallest absolute Gasteiger partial charge is 0.0336 e. The van der Waals surface area contributed by atoms with Crippen LogP contribution >= 0.6 is 11.6 Å². The average Bonchev–Trinajstić information content (AvgIpc) is 2.07. The minimum absolute atomic E-state index is 0.463. The third-order valence-electron chi connectivity index (χ3n) is 2.94. The van der Waals surface area contributed by atoms with Gasteiger partial charge in [0, 0.05) is 5.38 Å². The lowest BCUT2D eigenvalue weighted by atomic mass is 9.94. The third-order valence-corrected chi connectivity index (χ3v) is 3.37. The Morgan fingerprint density at radius 3 is 2.25 bits per heavy atom. The zero-order valence-electron chi connectivity index (χ0n) is 8.19. The van der Waals surface area contributed by atoms with Crippen molar-refractivity contribution in [2.45, 2.75) is 63.7 Å². The Bertz CT molecular complexity index is 97.6. The number of alkyl halides is 1. The zero-order chi connectivity index (χ0) is 8.81. The van der Waals surface area contributed by atoms with E-state index >= 15 is 0 Å². The molecule has 0 saturated heterocycles. The van der Waals surface area contributed by atoms with E-state index in [0.717, 1.165) is 5.92 Å². The van der Waals surface area contributed by atoms with Gasteiger partial charge in [-0.25, -0.2) is 0 Å². The monoisotopic (exact) mass is 188 g/mol. The molecular formula is C11H21Cl. The molecule has 2 unspecified atom stereocenters. The first-order valence-electron chi connectivity index (χ1n) is 5.43. The molecule has 0 N–H and O–H groups in total. The molecule has 0 bridgehead atoms. The Morgan fingerprint density at radius 1 is 0.833 bits per heavy atom. The summed E-state index contributed by atoms with van der Waals surface area (Å²) in [5.41, 5.74) is 0. The predicted molar refractivity (Wildman–Crippen MR) is 55.7 cm³/mol. The lowest BCUT2D eigenvalue weighted by Gasteiger charge is -2.16. The first-order chi connectivity index (χ1) is 5.79. The highest BCUT2D eigenvalue weighted by Crippen LogP contribution is 2.23. The molecule has 0 aliphatic heterocycles. The molecule has 1 aliphatic carbocycles. The van der Waals surface area contributed by atoms with Crippen LogP contribution in [0.25, 0.3) is 0 Å². The van der Waals surface area contributed by atoms with E-state index in [9.17, 15) is 0 Å². The molecule has 1 heteroatoms. The van der Waals surface area contributed by atoms with Crippen molar-refractivity contribution in [3.63, 3.8) is 0 Å². The summed E-state index contributed by atoms with van der Waals surface area (Å²) in [6, 6.07) is 0. The summed E-state index contributed by atoms with van der Waals surface area (Å²) < 4.78 is 0. The van der Waals surface area contributed by atoms with E-state index in [1.54, 1.807) is 0 Å². The van der Waals surface area contributed by atoms with Gasteiger partial charge < -0.3 is 0 Å². The molecule has 0 nitrogen and oxygen atoms in total. The van der Waals surface area contributed by atoms with Gasteiger partial charge in [0.2, 0.25) is 0 Å². The SMILES string of the molecule is CC1CCCCCCC(Cl)CC1. The molecule has 0 aromatic heterocycles. The topological polar surface area (TPSA) is 0 Å². The second-order valence-corrected chi connectivity index (χ2v) is 4.89. The highest BCUT2D eigenvalue weighted by Gasteiger charge is 2.10. The Kier molecular flexibility index (Phi) is 5.06. The maximum absolute atomic E-state index is 6.18. The van der Waals surface area contributed by atoms with E-state index in [2.05, 4.69) is 6.92 Å². The Morgan fingerprint density at radius 2 is 1.50 bits per heavy atom. The third kappa shape index (κ3) is 4.35. The van der Waals surface area contributed by atoms with Crippen molar-refractivity contribution in [2.75, 3.05) is 0 Å². The highest BCUT2D eigenvalue weighted by molar-refractivity contribution is 6.20. The first kappa shape index (κ1) is 10.4. The van der Waals surface area contributed by atoms with Crippen molar-refractivity contribution in [3.8, 4) is 0 Å². The molecule has 1 fully saturated rings. The molecule has 72 valence electrons. The summed E-state index contributed by atoms with van der Waals surface area (Å²) in [5, 5.41) is 0.463. The van der Waals surface area contributed by atoms with Crippen LogP contribution in [0.2, 0.25) is 0 Å². The summed E-state index contributed by atoms with van der Waals surface area (Å²) in [7, 11) is 0. The zero-order valence-corrected chi connectivity index (χ0v) is 8.95. The van der Waals surface area contributed by atoms with Crippen LogP contribution in [0.15, 0.2) is 0 Å². The standard InChI is InChI=1S/C11H21Cl/c1-10-6-4-2-3-5-7-11(12)9-8-10/h10-11H,2-9H2,1H3. The largest absolute Gasteiger partial charge is 0.123 e. The number of rotatable bonds is 0. The van der Waals surface area contributed by atoms with Crippen LogP contribution in [0, 0.1) is 5.92 Å². The molecule has 0 radical (unpaired) electrons. The Labute approximate surface area is 81.7 Å². The molecule has 1 aliphatic rings. The predicted octanol–water partition coefficient (Wildman–Crippen LogP) is 4.36. The molecule has 12 heavy (non-hydrogen) atoms. The van der Waals surface area contributed by atoms with Gasteiger partial charge in [0.05, 0.1) is 0 Å². The second kappa shape index (κ2) is 5.85. The minimum atomic E-state index is 0.463. The van der Waals surface area contributed by atoms with Crippen molar-refractivity contribution in [2.24, 2.45) is 5.92 Å². The van der Waals surface area contributed by atoms with Gasteiger partial charge in [-0.3, -0.25) is 0 Å². The summed E-state index contributed by atoms with van der Waals surface area (Å²) >= 11 is 6.18. The highest BCUT2D eigenvalue weighted by atomic mass is 35.5. The summed E-state index contributed by atoms with van der Waals surface area (Å²) in [6.07, 6.45) is 10.9. The van der Waals surface area contributed by atoms with Crippen molar-refractivity contribution < 1.29 is 0 Å². The van der Waals surface area contributed by atoms with Gasteiger partial charge in [-0.2, -0.15) is 0 Å². The molecule has 0 heterocycles. The van der Waals surface area contributed by atoms with Gasteiger partial charge in [0.15, 0.2) is 0 Å². The fourth-order valence-electron chi connectivity index (χ4n) is 1.97. The van der Waals surface area contributed by atoms with Crippen LogP contribution in [0.5, 0.6) is 0 Å². The van der Waals surface area contributed by atoms with E-state index in [4.69, 9.17) is 11.6 Å². The molecule has 2 atom stereocenters. The van der Waals surface area contributed by atoms with Crippen molar-refractivity contribution in [1.82, 2.24) is 0 Å². The summed E-state index contributed by atoms with van der Waals surface area (Å²) in [5.74, 6) is 0.907. The van der Waals surface area contributed by atoms with E-state index in [0.29, 0.717) is 5.38 Å². The molecule has 1 rings (SSSR count). The van der Waals surface area contributed by atoms with Gasteiger partial charge in [-0.1, -0.05) is 39.0 Å². The van der Waals surface area contributed by atoms with Crippen LogP contribution in [0.1, 0.15) is 58.3 Å². The molecule has 0 aromatic rings. The fourth-order valence-corrected chi connectivity index (χ4v) is 2.25. The Hall–Kier alpha value is 0.290.